The van der Waals surface area contributed by atoms with Gasteiger partial charge in [0.05, 0.1) is 10.7 Å². The molecule has 78 valence electrons. The Balaban J connectivity index is 2.29. The van der Waals surface area contributed by atoms with E-state index in [1.54, 1.807) is 18.7 Å². The molecule has 15 heavy (non-hydrogen) atoms. The zero-order valence-electron chi connectivity index (χ0n) is 8.40. The van der Waals surface area contributed by atoms with E-state index in [0.717, 1.165) is 22.9 Å². The molecule has 0 spiro atoms. The van der Waals surface area contributed by atoms with Crippen LogP contribution in [0.15, 0.2) is 34.2 Å². The Kier molecular flexibility index (Phi) is 3.49. The van der Waals surface area contributed by atoms with Crippen molar-refractivity contribution in [2.45, 2.75) is 18.2 Å². The van der Waals surface area contributed by atoms with E-state index in [2.05, 4.69) is 11.1 Å². The maximum Gasteiger partial charge on any atom is 0.191 e. The average Bonchev–Trinajstić information content (AvgIpc) is 2.38. The fourth-order valence-corrected chi connectivity index (χ4v) is 3.11. The number of aliphatic imine (C=N–C) groups is 1. The lowest BCUT2D eigenvalue weighted by atomic mass is 10.3. The van der Waals surface area contributed by atoms with E-state index in [1.807, 2.05) is 18.2 Å². The molecule has 0 saturated heterocycles. The molecule has 1 aromatic rings. The summed E-state index contributed by atoms with van der Waals surface area (Å²) < 4.78 is 0. The second kappa shape index (κ2) is 4.86. The lowest BCUT2D eigenvalue weighted by Gasteiger charge is -1.99. The minimum atomic E-state index is 0.109. The summed E-state index contributed by atoms with van der Waals surface area (Å²) in [7, 11) is 0. The first kappa shape index (κ1) is 10.8. The average molecular weight is 237 g/mol. The third-order valence-corrected chi connectivity index (χ3v) is 3.83. The lowest BCUT2D eigenvalue weighted by Crippen LogP contribution is -1.96. The molecule has 0 aromatic heterocycles. The first-order valence-corrected chi connectivity index (χ1v) is 6.54. The van der Waals surface area contributed by atoms with Gasteiger partial charge in [0.25, 0.3) is 0 Å². The largest absolute Gasteiger partial charge is 0.287 e. The van der Waals surface area contributed by atoms with E-state index in [4.69, 9.17) is 0 Å². The van der Waals surface area contributed by atoms with Gasteiger partial charge in [0, 0.05) is 24.0 Å². The number of hydrogen-bond donors (Lipinski definition) is 0. The molecule has 1 aliphatic rings. The van der Waals surface area contributed by atoms with Crippen LogP contribution in [0.4, 0.5) is 5.69 Å². The van der Waals surface area contributed by atoms with Crippen molar-refractivity contribution in [2.24, 2.45) is 4.99 Å². The summed E-state index contributed by atoms with van der Waals surface area (Å²) in [5, 5.41) is 1.04. The monoisotopic (exact) mass is 237 g/mol. The Bertz CT molecular complexity index is 415. The number of thioether (sulfide) groups is 2. The molecular formula is C11H11NOS2. The number of fused-ring (bicyclic) bond motifs is 1. The van der Waals surface area contributed by atoms with Crippen LogP contribution < -0.4 is 0 Å². The van der Waals surface area contributed by atoms with Crippen LogP contribution in [0.3, 0.4) is 0 Å². The molecule has 0 atom stereocenters. The van der Waals surface area contributed by atoms with Gasteiger partial charge >= 0.3 is 0 Å². The van der Waals surface area contributed by atoms with Crippen LogP contribution in [0.1, 0.15) is 13.3 Å². The third kappa shape index (κ3) is 2.86. The van der Waals surface area contributed by atoms with Gasteiger partial charge in [0.2, 0.25) is 0 Å². The van der Waals surface area contributed by atoms with Gasteiger partial charge in [-0.2, -0.15) is 0 Å². The standard InChI is InChI=1S/C11H11NOS2/c1-8(13)15-11-6-7-14-10-5-3-2-4-9(10)12-11/h2-5H,6-7H2,1H3. The first-order valence-electron chi connectivity index (χ1n) is 4.73. The summed E-state index contributed by atoms with van der Waals surface area (Å²) in [6, 6.07) is 8.06. The Labute approximate surface area is 97.6 Å². The van der Waals surface area contributed by atoms with Gasteiger partial charge in [-0.15, -0.1) is 11.8 Å². The molecule has 0 saturated carbocycles. The van der Waals surface area contributed by atoms with Gasteiger partial charge in [0.1, 0.15) is 0 Å². The van der Waals surface area contributed by atoms with Gasteiger partial charge in [-0.3, -0.25) is 4.79 Å². The van der Waals surface area contributed by atoms with Crippen molar-refractivity contribution in [1.29, 1.82) is 0 Å². The molecule has 0 bridgehead atoms. The Morgan fingerprint density at radius 2 is 2.27 bits per heavy atom. The highest BCUT2D eigenvalue weighted by Crippen LogP contribution is 2.34. The predicted octanol–water partition coefficient (Wildman–Crippen LogP) is 3.49. The van der Waals surface area contributed by atoms with E-state index in [-0.39, 0.29) is 5.12 Å². The van der Waals surface area contributed by atoms with Gasteiger partial charge in [-0.05, 0) is 23.9 Å². The van der Waals surface area contributed by atoms with Crippen LogP contribution in [-0.2, 0) is 4.79 Å². The Hall–Kier alpha value is -0.740. The number of rotatable bonds is 0. The maximum absolute atomic E-state index is 11.0. The number of carbonyl (C=O) groups is 1. The minimum absolute atomic E-state index is 0.109. The van der Waals surface area contributed by atoms with Gasteiger partial charge in [-0.1, -0.05) is 12.1 Å². The molecule has 0 radical (unpaired) electrons. The van der Waals surface area contributed by atoms with Crippen molar-refractivity contribution >= 4 is 39.4 Å². The van der Waals surface area contributed by atoms with Gasteiger partial charge < -0.3 is 0 Å². The van der Waals surface area contributed by atoms with Crippen LogP contribution in [0.25, 0.3) is 0 Å². The first-order chi connectivity index (χ1) is 7.25. The molecule has 0 fully saturated rings. The predicted molar refractivity (Wildman–Crippen MR) is 67.2 cm³/mol. The fraction of sp³-hybridized carbons (Fsp3) is 0.273. The summed E-state index contributed by atoms with van der Waals surface area (Å²) in [4.78, 5) is 16.7. The quantitative estimate of drug-likeness (QED) is 0.691. The van der Waals surface area contributed by atoms with Crippen LogP contribution in [0.2, 0.25) is 0 Å². The van der Waals surface area contributed by atoms with Crippen LogP contribution in [-0.4, -0.2) is 15.9 Å². The van der Waals surface area contributed by atoms with E-state index in [9.17, 15) is 4.79 Å². The number of para-hydroxylation sites is 1. The van der Waals surface area contributed by atoms with Crippen molar-refractivity contribution in [2.75, 3.05) is 5.75 Å². The summed E-state index contributed by atoms with van der Waals surface area (Å²) in [6.07, 6.45) is 0.879. The molecule has 0 aliphatic carbocycles. The SMILES string of the molecule is CC(=O)SC1=Nc2ccccc2SCC1. The van der Waals surface area contributed by atoms with Crippen LogP contribution in [0.5, 0.6) is 0 Å². The van der Waals surface area contributed by atoms with Gasteiger partial charge in [-0.25, -0.2) is 4.99 Å². The second-order valence-corrected chi connectivity index (χ2v) is 5.55. The highest BCUT2D eigenvalue weighted by Gasteiger charge is 2.11. The number of nitrogens with zero attached hydrogens (tertiary/aromatic N) is 1. The molecule has 4 heteroatoms. The maximum atomic E-state index is 11.0. The van der Waals surface area contributed by atoms with E-state index in [0.29, 0.717) is 0 Å². The normalized spacial score (nSPS) is 15.1. The Morgan fingerprint density at radius 3 is 3.07 bits per heavy atom. The summed E-state index contributed by atoms with van der Waals surface area (Å²) in [5.41, 5.74) is 0.990. The van der Waals surface area contributed by atoms with Crippen molar-refractivity contribution < 1.29 is 4.79 Å². The molecule has 1 aliphatic heterocycles. The smallest absolute Gasteiger partial charge is 0.191 e. The Morgan fingerprint density at radius 1 is 1.47 bits per heavy atom. The van der Waals surface area contributed by atoms with Crippen molar-refractivity contribution in [3.05, 3.63) is 24.3 Å². The van der Waals surface area contributed by atoms with E-state index in [1.165, 1.54) is 16.7 Å². The van der Waals surface area contributed by atoms with Crippen molar-refractivity contribution in [1.82, 2.24) is 0 Å². The zero-order chi connectivity index (χ0) is 10.7. The summed E-state index contributed by atoms with van der Waals surface area (Å²) in [6.45, 7) is 1.58. The lowest BCUT2D eigenvalue weighted by molar-refractivity contribution is -0.109. The third-order valence-electron chi connectivity index (χ3n) is 1.95. The molecule has 0 amide bonds. The zero-order valence-corrected chi connectivity index (χ0v) is 10.0. The molecule has 2 nitrogen and oxygen atoms in total. The molecule has 1 aromatic carbocycles. The van der Waals surface area contributed by atoms with Crippen molar-refractivity contribution in [3.8, 4) is 0 Å². The summed E-state index contributed by atoms with van der Waals surface area (Å²) >= 11 is 3.05. The van der Waals surface area contributed by atoms with Crippen LogP contribution >= 0.6 is 23.5 Å². The van der Waals surface area contributed by atoms with Crippen LogP contribution in [0, 0.1) is 0 Å². The molecule has 0 N–H and O–H groups in total. The molecule has 0 unspecified atom stereocenters. The topological polar surface area (TPSA) is 29.4 Å². The van der Waals surface area contributed by atoms with E-state index < -0.39 is 0 Å². The number of carbonyl (C=O) groups excluding carboxylic acids is 1. The fourth-order valence-electron chi connectivity index (χ4n) is 1.35. The molecule has 1 heterocycles. The number of hydrogen-bond acceptors (Lipinski definition) is 4. The van der Waals surface area contributed by atoms with E-state index >= 15 is 0 Å². The second-order valence-electron chi connectivity index (χ2n) is 3.17. The van der Waals surface area contributed by atoms with Gasteiger partial charge in [0.15, 0.2) is 5.12 Å². The minimum Gasteiger partial charge on any atom is -0.287 e. The highest BCUT2D eigenvalue weighted by molar-refractivity contribution is 8.26. The van der Waals surface area contributed by atoms with Crippen molar-refractivity contribution in [3.63, 3.8) is 0 Å². The molecule has 2 rings (SSSR count). The number of benzene rings is 1. The summed E-state index contributed by atoms with van der Waals surface area (Å²) in [5.74, 6) is 0.996. The molecular weight excluding hydrogens is 226 g/mol. The highest BCUT2D eigenvalue weighted by atomic mass is 32.2.